The molecule has 3 rings (SSSR count). The molecule has 1 saturated heterocycles. The largest absolute Gasteiger partial charge is 0.382 e. The van der Waals surface area contributed by atoms with Gasteiger partial charge in [-0.05, 0) is 54.7 Å². The number of halogens is 1. The fraction of sp³-hybridized carbons (Fsp3) is 0.562. The van der Waals surface area contributed by atoms with Gasteiger partial charge in [-0.1, -0.05) is 0 Å². The Morgan fingerprint density at radius 1 is 1.42 bits per heavy atom. The summed E-state index contributed by atoms with van der Waals surface area (Å²) >= 11 is 5.07. The summed E-state index contributed by atoms with van der Waals surface area (Å²) in [5.41, 5.74) is 1.84. The number of nitrogens with one attached hydrogen (secondary N) is 1. The van der Waals surface area contributed by atoms with E-state index in [-0.39, 0.29) is 5.56 Å². The molecule has 1 N–H and O–H groups in total. The molecule has 1 fully saturated rings. The Balaban J connectivity index is 1.47. The van der Waals surface area contributed by atoms with E-state index in [2.05, 4.69) is 48.5 Å². The van der Waals surface area contributed by atoms with Gasteiger partial charge in [0, 0.05) is 25.5 Å². The van der Waals surface area contributed by atoms with Crippen LogP contribution in [0.4, 0.5) is 5.69 Å². The fourth-order valence-corrected chi connectivity index (χ4v) is 4.05. The second kappa shape index (κ2) is 7.76. The zero-order valence-electron chi connectivity index (χ0n) is 14.0. The number of aromatic nitrogens is 3. The van der Waals surface area contributed by atoms with Crippen LogP contribution in [0.3, 0.4) is 0 Å². The Bertz CT molecular complexity index is 751. The molecule has 1 aliphatic rings. The quantitative estimate of drug-likeness (QED) is 0.818. The summed E-state index contributed by atoms with van der Waals surface area (Å²) in [6.07, 6.45) is 4.02. The van der Waals surface area contributed by atoms with Gasteiger partial charge in [0.25, 0.3) is 5.56 Å². The molecule has 0 amide bonds. The first-order valence-electron chi connectivity index (χ1n) is 8.12. The summed E-state index contributed by atoms with van der Waals surface area (Å²) < 4.78 is 1.88. The maximum Gasteiger partial charge on any atom is 0.282 e. The van der Waals surface area contributed by atoms with E-state index in [1.807, 2.05) is 0 Å². The van der Waals surface area contributed by atoms with Gasteiger partial charge in [-0.2, -0.15) is 5.10 Å². The van der Waals surface area contributed by atoms with E-state index in [9.17, 15) is 4.79 Å². The molecule has 2 aromatic heterocycles. The van der Waals surface area contributed by atoms with Crippen LogP contribution in [0.1, 0.15) is 23.5 Å². The smallest absolute Gasteiger partial charge is 0.282 e. The normalized spacial score (nSPS) is 16.5. The molecule has 0 spiro atoms. The lowest BCUT2D eigenvalue weighted by Crippen LogP contribution is -2.35. The van der Waals surface area contributed by atoms with Crippen LogP contribution in [-0.2, 0) is 13.6 Å². The highest BCUT2D eigenvalue weighted by Crippen LogP contribution is 2.22. The molecular weight excluding hydrogens is 390 g/mol. The summed E-state index contributed by atoms with van der Waals surface area (Å²) in [7, 11) is 1.65. The second-order valence-electron chi connectivity index (χ2n) is 6.26. The summed E-state index contributed by atoms with van der Waals surface area (Å²) in [4.78, 5) is 18.9. The lowest BCUT2D eigenvalue weighted by Gasteiger charge is -2.31. The molecule has 1 aliphatic heterocycles. The molecule has 8 heteroatoms. The maximum absolute atomic E-state index is 11.9. The monoisotopic (exact) mass is 411 g/mol. The first kappa shape index (κ1) is 17.6. The van der Waals surface area contributed by atoms with Crippen molar-refractivity contribution in [1.29, 1.82) is 0 Å². The Kier molecular flexibility index (Phi) is 5.68. The van der Waals surface area contributed by atoms with Gasteiger partial charge >= 0.3 is 0 Å². The average Bonchev–Trinajstić information content (AvgIpc) is 2.98. The molecular formula is C16H22BrN5OS. The lowest BCUT2D eigenvalue weighted by molar-refractivity contribution is 0.181. The fourth-order valence-electron chi connectivity index (χ4n) is 2.95. The predicted octanol–water partition coefficient (Wildman–Crippen LogP) is 2.63. The van der Waals surface area contributed by atoms with Gasteiger partial charge in [0.1, 0.15) is 4.47 Å². The van der Waals surface area contributed by atoms with Crippen molar-refractivity contribution in [2.75, 3.05) is 25.0 Å². The van der Waals surface area contributed by atoms with Crippen LogP contribution in [0.2, 0.25) is 0 Å². The highest BCUT2D eigenvalue weighted by Gasteiger charge is 2.20. The van der Waals surface area contributed by atoms with Crippen LogP contribution in [0.25, 0.3) is 0 Å². The first-order valence-corrected chi connectivity index (χ1v) is 9.79. The molecule has 3 heterocycles. The number of thiazole rings is 1. The van der Waals surface area contributed by atoms with Crippen molar-refractivity contribution in [3.8, 4) is 0 Å². The van der Waals surface area contributed by atoms with Crippen LogP contribution in [0, 0.1) is 12.8 Å². The van der Waals surface area contributed by atoms with E-state index in [1.165, 1.54) is 10.4 Å². The Morgan fingerprint density at radius 3 is 2.83 bits per heavy atom. The highest BCUT2D eigenvalue weighted by molar-refractivity contribution is 9.10. The van der Waals surface area contributed by atoms with Gasteiger partial charge in [0.05, 0.1) is 22.6 Å². The Morgan fingerprint density at radius 2 is 2.17 bits per heavy atom. The Labute approximate surface area is 154 Å². The summed E-state index contributed by atoms with van der Waals surface area (Å²) in [6.45, 7) is 6.07. The lowest BCUT2D eigenvalue weighted by atomic mass is 9.96. The van der Waals surface area contributed by atoms with E-state index in [4.69, 9.17) is 0 Å². The minimum absolute atomic E-state index is 0.117. The first-order chi connectivity index (χ1) is 11.5. The number of rotatable bonds is 5. The van der Waals surface area contributed by atoms with Gasteiger partial charge in [0.15, 0.2) is 0 Å². The van der Waals surface area contributed by atoms with Crippen molar-refractivity contribution in [3.63, 3.8) is 0 Å². The highest BCUT2D eigenvalue weighted by atomic mass is 79.9. The number of aryl methyl sites for hydroxylation is 2. The van der Waals surface area contributed by atoms with Gasteiger partial charge in [-0.25, -0.2) is 9.67 Å². The predicted molar refractivity (Wildman–Crippen MR) is 101 cm³/mol. The number of nitrogens with zero attached hydrogens (tertiary/aromatic N) is 4. The van der Waals surface area contributed by atoms with Crippen molar-refractivity contribution in [3.05, 3.63) is 37.1 Å². The number of piperidine rings is 1. The van der Waals surface area contributed by atoms with Gasteiger partial charge < -0.3 is 5.32 Å². The Hall–Kier alpha value is -1.25. The molecule has 24 heavy (non-hydrogen) atoms. The van der Waals surface area contributed by atoms with E-state index < -0.39 is 0 Å². The molecule has 2 aromatic rings. The molecule has 0 unspecified atom stereocenters. The molecule has 0 atom stereocenters. The van der Waals surface area contributed by atoms with Crippen molar-refractivity contribution in [2.45, 2.75) is 26.3 Å². The summed E-state index contributed by atoms with van der Waals surface area (Å²) in [5, 5.41) is 10.7. The van der Waals surface area contributed by atoms with Crippen LogP contribution in [0.5, 0.6) is 0 Å². The van der Waals surface area contributed by atoms with Crippen molar-refractivity contribution in [1.82, 2.24) is 19.7 Å². The third kappa shape index (κ3) is 4.23. The molecule has 0 bridgehead atoms. The molecule has 0 radical (unpaired) electrons. The minimum atomic E-state index is -0.117. The maximum atomic E-state index is 11.9. The summed E-state index contributed by atoms with van der Waals surface area (Å²) in [5.74, 6) is 0.620. The van der Waals surface area contributed by atoms with E-state index in [0.29, 0.717) is 10.4 Å². The van der Waals surface area contributed by atoms with E-state index in [0.717, 1.165) is 49.7 Å². The second-order valence-corrected chi connectivity index (χ2v) is 8.11. The summed E-state index contributed by atoms with van der Waals surface area (Å²) in [6, 6.07) is 0. The van der Waals surface area contributed by atoms with Crippen molar-refractivity contribution < 1.29 is 0 Å². The van der Waals surface area contributed by atoms with Crippen LogP contribution >= 0.6 is 27.3 Å². The average molecular weight is 412 g/mol. The topological polar surface area (TPSA) is 63.1 Å². The number of likely N-dealkylation sites (tertiary alicyclic amines) is 1. The standard InChI is InChI=1S/C16H22BrN5OS/c1-11-20-13(10-24-11)9-22-5-3-12(4-6-22)7-18-14-8-19-21(2)16(23)15(14)17/h8,10,12,18H,3-7,9H2,1-2H3. The van der Waals surface area contributed by atoms with Crippen LogP contribution < -0.4 is 10.9 Å². The third-order valence-electron chi connectivity index (χ3n) is 4.42. The molecule has 6 nitrogen and oxygen atoms in total. The van der Waals surface area contributed by atoms with Crippen LogP contribution in [0.15, 0.2) is 20.8 Å². The number of anilines is 1. The molecule has 0 aliphatic carbocycles. The van der Waals surface area contributed by atoms with Crippen molar-refractivity contribution in [2.24, 2.45) is 13.0 Å². The van der Waals surface area contributed by atoms with E-state index >= 15 is 0 Å². The number of hydrogen-bond donors (Lipinski definition) is 1. The molecule has 0 aromatic carbocycles. The zero-order valence-corrected chi connectivity index (χ0v) is 16.4. The molecule has 0 saturated carbocycles. The number of hydrogen-bond acceptors (Lipinski definition) is 6. The van der Waals surface area contributed by atoms with Crippen molar-refractivity contribution >= 4 is 33.0 Å². The van der Waals surface area contributed by atoms with Gasteiger partial charge in [0.2, 0.25) is 0 Å². The van der Waals surface area contributed by atoms with Gasteiger partial charge in [-0.15, -0.1) is 11.3 Å². The molecule has 130 valence electrons. The van der Waals surface area contributed by atoms with Gasteiger partial charge in [-0.3, -0.25) is 9.69 Å². The zero-order chi connectivity index (χ0) is 17.1. The third-order valence-corrected chi connectivity index (χ3v) is 6.01. The minimum Gasteiger partial charge on any atom is -0.382 e. The van der Waals surface area contributed by atoms with E-state index in [1.54, 1.807) is 24.6 Å². The van der Waals surface area contributed by atoms with Crippen LogP contribution in [-0.4, -0.2) is 39.3 Å². The SMILES string of the molecule is Cc1nc(CN2CCC(CNc3cnn(C)c(=O)c3Br)CC2)cs1.